The van der Waals surface area contributed by atoms with E-state index in [1.54, 1.807) is 11.3 Å². The Morgan fingerprint density at radius 2 is 2.28 bits per heavy atom. The Labute approximate surface area is 111 Å². The number of hydrogen-bond acceptors (Lipinski definition) is 4. The molecule has 0 bridgehead atoms. The molecule has 0 unspecified atom stereocenters. The number of nitrogens with two attached hydrogens (primary N) is 1. The highest BCUT2D eigenvalue weighted by Gasteiger charge is 2.28. The summed E-state index contributed by atoms with van der Waals surface area (Å²) in [6.45, 7) is 2.95. The van der Waals surface area contributed by atoms with Crippen molar-refractivity contribution in [2.24, 2.45) is 11.7 Å². The normalized spacial score (nSPS) is 19.8. The van der Waals surface area contributed by atoms with Gasteiger partial charge in [0.2, 0.25) is 5.91 Å². The maximum Gasteiger partial charge on any atom is 0.246 e. The zero-order valence-corrected chi connectivity index (χ0v) is 11.2. The molecule has 1 aliphatic heterocycles. The summed E-state index contributed by atoms with van der Waals surface area (Å²) in [5, 5.41) is 11.7. The van der Waals surface area contributed by atoms with Crippen molar-refractivity contribution >= 4 is 17.2 Å². The minimum absolute atomic E-state index is 0.0421. The zero-order chi connectivity index (χ0) is 13.0. The third-order valence-corrected chi connectivity index (χ3v) is 4.56. The Balaban J connectivity index is 1.72. The number of carbonyl (C=O) groups is 1. The SMILES string of the molecule is NC(=O)[C@@H](O)C1CCN(CCc2cccs2)CC1. The van der Waals surface area contributed by atoms with Gasteiger partial charge in [-0.1, -0.05) is 6.07 Å². The fourth-order valence-corrected chi connectivity index (χ4v) is 3.15. The minimum Gasteiger partial charge on any atom is -0.383 e. The maximum atomic E-state index is 10.9. The molecule has 1 saturated heterocycles. The van der Waals surface area contributed by atoms with Gasteiger partial charge >= 0.3 is 0 Å². The molecule has 0 spiro atoms. The fourth-order valence-electron chi connectivity index (χ4n) is 2.45. The van der Waals surface area contributed by atoms with Crippen LogP contribution >= 0.6 is 11.3 Å². The van der Waals surface area contributed by atoms with E-state index < -0.39 is 12.0 Å². The lowest BCUT2D eigenvalue weighted by Crippen LogP contribution is -2.43. The van der Waals surface area contributed by atoms with E-state index in [1.807, 2.05) is 0 Å². The van der Waals surface area contributed by atoms with E-state index in [2.05, 4.69) is 22.4 Å². The lowest BCUT2D eigenvalue weighted by atomic mass is 9.91. The first-order valence-electron chi connectivity index (χ1n) is 6.39. The average molecular weight is 268 g/mol. The van der Waals surface area contributed by atoms with Gasteiger partial charge in [-0.25, -0.2) is 0 Å². The van der Waals surface area contributed by atoms with Crippen LogP contribution in [0.2, 0.25) is 0 Å². The van der Waals surface area contributed by atoms with Crippen molar-refractivity contribution in [1.82, 2.24) is 4.90 Å². The summed E-state index contributed by atoms with van der Waals surface area (Å²) in [5.41, 5.74) is 5.12. The second-order valence-electron chi connectivity index (χ2n) is 4.86. The van der Waals surface area contributed by atoms with Crippen molar-refractivity contribution in [3.8, 4) is 0 Å². The predicted octanol–water partition coefficient (Wildman–Crippen LogP) is 0.849. The van der Waals surface area contributed by atoms with Gasteiger partial charge in [0.15, 0.2) is 0 Å². The quantitative estimate of drug-likeness (QED) is 0.832. The molecule has 0 radical (unpaired) electrons. The topological polar surface area (TPSA) is 66.6 Å². The summed E-state index contributed by atoms with van der Waals surface area (Å²) in [6, 6.07) is 4.24. The van der Waals surface area contributed by atoms with Gasteiger partial charge in [-0.05, 0) is 49.7 Å². The van der Waals surface area contributed by atoms with Gasteiger partial charge < -0.3 is 15.7 Å². The van der Waals surface area contributed by atoms with Crippen LogP contribution in [0.5, 0.6) is 0 Å². The number of aliphatic hydroxyl groups is 1. The van der Waals surface area contributed by atoms with Crippen LogP contribution in [-0.4, -0.2) is 41.7 Å². The number of likely N-dealkylation sites (tertiary alicyclic amines) is 1. The van der Waals surface area contributed by atoms with Crippen LogP contribution in [-0.2, 0) is 11.2 Å². The summed E-state index contributed by atoms with van der Waals surface area (Å²) in [4.78, 5) is 14.7. The molecule has 2 rings (SSSR count). The number of primary amides is 1. The van der Waals surface area contributed by atoms with E-state index in [-0.39, 0.29) is 5.92 Å². The minimum atomic E-state index is -0.968. The van der Waals surface area contributed by atoms with Crippen molar-refractivity contribution in [2.45, 2.75) is 25.4 Å². The lowest BCUT2D eigenvalue weighted by Gasteiger charge is -2.33. The number of amides is 1. The summed E-state index contributed by atoms with van der Waals surface area (Å²) < 4.78 is 0. The molecule has 1 amide bonds. The monoisotopic (exact) mass is 268 g/mol. The van der Waals surface area contributed by atoms with Crippen molar-refractivity contribution in [3.05, 3.63) is 22.4 Å². The van der Waals surface area contributed by atoms with E-state index in [4.69, 9.17) is 5.73 Å². The number of aliphatic hydroxyl groups excluding tert-OH is 1. The Morgan fingerprint density at radius 3 is 2.83 bits per heavy atom. The Morgan fingerprint density at radius 1 is 1.56 bits per heavy atom. The summed E-state index contributed by atoms with van der Waals surface area (Å²) >= 11 is 1.79. The molecule has 3 N–H and O–H groups in total. The number of rotatable bonds is 5. The second kappa shape index (κ2) is 6.31. The van der Waals surface area contributed by atoms with Crippen molar-refractivity contribution in [3.63, 3.8) is 0 Å². The Bertz CT molecular complexity index is 372. The highest BCUT2D eigenvalue weighted by Crippen LogP contribution is 2.21. The van der Waals surface area contributed by atoms with Crippen LogP contribution in [0.15, 0.2) is 17.5 Å². The highest BCUT2D eigenvalue weighted by atomic mass is 32.1. The number of carbonyl (C=O) groups excluding carboxylic acids is 1. The molecule has 0 saturated carbocycles. The molecule has 4 nitrogen and oxygen atoms in total. The summed E-state index contributed by atoms with van der Waals surface area (Å²) in [7, 11) is 0. The van der Waals surface area contributed by atoms with Gasteiger partial charge in [-0.15, -0.1) is 11.3 Å². The molecule has 1 aliphatic rings. The van der Waals surface area contributed by atoms with Crippen molar-refractivity contribution < 1.29 is 9.90 Å². The molecule has 1 atom stereocenters. The first kappa shape index (κ1) is 13.5. The number of piperidine rings is 1. The fraction of sp³-hybridized carbons (Fsp3) is 0.615. The molecular formula is C13H20N2O2S. The van der Waals surface area contributed by atoms with Gasteiger partial charge in [0, 0.05) is 11.4 Å². The molecule has 100 valence electrons. The Hall–Kier alpha value is -0.910. The van der Waals surface area contributed by atoms with Crippen molar-refractivity contribution in [2.75, 3.05) is 19.6 Å². The molecular weight excluding hydrogens is 248 g/mol. The largest absolute Gasteiger partial charge is 0.383 e. The zero-order valence-electron chi connectivity index (χ0n) is 10.4. The average Bonchev–Trinajstić information content (AvgIpc) is 2.89. The molecule has 1 aromatic rings. The Kier molecular flexibility index (Phi) is 4.74. The number of hydrogen-bond donors (Lipinski definition) is 2. The first-order chi connectivity index (χ1) is 8.66. The predicted molar refractivity (Wildman–Crippen MR) is 72.4 cm³/mol. The van der Waals surface area contributed by atoms with Crippen LogP contribution < -0.4 is 5.73 Å². The van der Waals surface area contributed by atoms with E-state index in [0.717, 1.165) is 38.9 Å². The summed E-state index contributed by atoms with van der Waals surface area (Å²) in [5.74, 6) is -0.549. The van der Waals surface area contributed by atoms with Gasteiger partial charge in [0.25, 0.3) is 0 Å². The molecule has 18 heavy (non-hydrogen) atoms. The molecule has 1 aromatic heterocycles. The lowest BCUT2D eigenvalue weighted by molar-refractivity contribution is -0.129. The third-order valence-electron chi connectivity index (χ3n) is 3.62. The van der Waals surface area contributed by atoms with Gasteiger partial charge in [0.05, 0.1) is 0 Å². The smallest absolute Gasteiger partial charge is 0.246 e. The number of thiophene rings is 1. The highest BCUT2D eigenvalue weighted by molar-refractivity contribution is 7.09. The molecule has 5 heteroatoms. The third kappa shape index (κ3) is 3.54. The van der Waals surface area contributed by atoms with Crippen LogP contribution in [0.4, 0.5) is 0 Å². The summed E-state index contributed by atoms with van der Waals surface area (Å²) in [6.07, 6.45) is 1.83. The van der Waals surface area contributed by atoms with Crippen LogP contribution in [0, 0.1) is 5.92 Å². The first-order valence-corrected chi connectivity index (χ1v) is 7.27. The second-order valence-corrected chi connectivity index (χ2v) is 5.89. The molecule has 0 aromatic carbocycles. The van der Waals surface area contributed by atoms with E-state index in [9.17, 15) is 9.90 Å². The molecule has 1 fully saturated rings. The van der Waals surface area contributed by atoms with E-state index in [1.165, 1.54) is 4.88 Å². The van der Waals surface area contributed by atoms with Crippen LogP contribution in [0.1, 0.15) is 17.7 Å². The van der Waals surface area contributed by atoms with Crippen molar-refractivity contribution in [1.29, 1.82) is 0 Å². The molecule has 0 aliphatic carbocycles. The number of nitrogens with zero attached hydrogens (tertiary/aromatic N) is 1. The van der Waals surface area contributed by atoms with Gasteiger partial charge in [0.1, 0.15) is 6.10 Å². The van der Waals surface area contributed by atoms with E-state index in [0.29, 0.717) is 0 Å². The van der Waals surface area contributed by atoms with Crippen LogP contribution in [0.25, 0.3) is 0 Å². The van der Waals surface area contributed by atoms with E-state index >= 15 is 0 Å². The standard InChI is InChI=1S/C13H20N2O2S/c14-13(17)12(16)10-3-6-15(7-4-10)8-5-11-2-1-9-18-11/h1-2,9-10,12,16H,3-8H2,(H2,14,17)/t12-/m0/s1. The van der Waals surface area contributed by atoms with Gasteiger partial charge in [-0.2, -0.15) is 0 Å². The molecule has 2 heterocycles. The van der Waals surface area contributed by atoms with Crippen LogP contribution in [0.3, 0.4) is 0 Å². The maximum absolute atomic E-state index is 10.9. The van der Waals surface area contributed by atoms with Gasteiger partial charge in [-0.3, -0.25) is 4.79 Å².